The highest BCUT2D eigenvalue weighted by Gasteiger charge is 2.24. The fourth-order valence-corrected chi connectivity index (χ4v) is 2.52. The third-order valence-electron chi connectivity index (χ3n) is 3.19. The zero-order valence-electron chi connectivity index (χ0n) is 10.7. The second kappa shape index (κ2) is 4.82. The zero-order chi connectivity index (χ0) is 12.5. The van der Waals surface area contributed by atoms with Crippen LogP contribution in [0.15, 0.2) is 18.2 Å². The predicted octanol–water partition coefficient (Wildman–Crippen LogP) is 3.74. The van der Waals surface area contributed by atoms with E-state index in [0.717, 1.165) is 5.69 Å². The lowest BCUT2D eigenvalue weighted by molar-refractivity contribution is 0.329. The molecule has 1 aromatic carbocycles. The molecule has 1 aromatic rings. The largest absolute Gasteiger partial charge is 0.399 e. The van der Waals surface area contributed by atoms with E-state index in [1.54, 1.807) is 0 Å². The van der Waals surface area contributed by atoms with E-state index >= 15 is 0 Å². The van der Waals surface area contributed by atoms with Crippen molar-refractivity contribution >= 4 is 34.0 Å². The first-order chi connectivity index (χ1) is 7.23. The SMILES string of the molecule is CC(N(C)c1ccc(N)cc1I)C(C)(C)C. The fraction of sp³-hybridized carbons (Fsp3) is 0.538. The van der Waals surface area contributed by atoms with Crippen LogP contribution in [-0.2, 0) is 0 Å². The van der Waals surface area contributed by atoms with E-state index in [-0.39, 0.29) is 5.41 Å². The van der Waals surface area contributed by atoms with Gasteiger partial charge in [-0.2, -0.15) is 0 Å². The summed E-state index contributed by atoms with van der Waals surface area (Å²) in [7, 11) is 2.14. The second-order valence-corrected chi connectivity index (χ2v) is 6.53. The maximum Gasteiger partial charge on any atom is 0.0503 e. The highest BCUT2D eigenvalue weighted by atomic mass is 127. The Morgan fingerprint density at radius 2 is 1.88 bits per heavy atom. The maximum atomic E-state index is 5.77. The van der Waals surface area contributed by atoms with Gasteiger partial charge in [0.15, 0.2) is 0 Å². The molecule has 0 bridgehead atoms. The van der Waals surface area contributed by atoms with Crippen molar-refractivity contribution in [2.75, 3.05) is 17.7 Å². The number of nitrogens with zero attached hydrogens (tertiary/aromatic N) is 1. The van der Waals surface area contributed by atoms with E-state index in [1.807, 2.05) is 12.1 Å². The molecule has 1 atom stereocenters. The van der Waals surface area contributed by atoms with Gasteiger partial charge in [0.1, 0.15) is 0 Å². The van der Waals surface area contributed by atoms with Gasteiger partial charge in [-0.15, -0.1) is 0 Å². The highest BCUT2D eigenvalue weighted by Crippen LogP contribution is 2.30. The van der Waals surface area contributed by atoms with Crippen LogP contribution in [0.3, 0.4) is 0 Å². The van der Waals surface area contributed by atoms with Gasteiger partial charge in [0, 0.05) is 22.3 Å². The van der Waals surface area contributed by atoms with E-state index < -0.39 is 0 Å². The van der Waals surface area contributed by atoms with Crippen molar-refractivity contribution in [3.8, 4) is 0 Å². The van der Waals surface area contributed by atoms with Crippen LogP contribution in [0.5, 0.6) is 0 Å². The molecule has 0 spiro atoms. The van der Waals surface area contributed by atoms with Crippen molar-refractivity contribution in [1.29, 1.82) is 0 Å². The summed E-state index contributed by atoms with van der Waals surface area (Å²) in [6, 6.07) is 6.55. The number of rotatable bonds is 2. The first kappa shape index (κ1) is 13.6. The molecule has 0 amide bonds. The van der Waals surface area contributed by atoms with Gasteiger partial charge < -0.3 is 10.6 Å². The average Bonchev–Trinajstić information content (AvgIpc) is 2.14. The van der Waals surface area contributed by atoms with Gasteiger partial charge in [-0.3, -0.25) is 0 Å². The lowest BCUT2D eigenvalue weighted by Crippen LogP contribution is -2.39. The van der Waals surface area contributed by atoms with Gasteiger partial charge >= 0.3 is 0 Å². The molecule has 0 fully saturated rings. The first-order valence-electron chi connectivity index (χ1n) is 5.51. The Labute approximate surface area is 112 Å². The van der Waals surface area contributed by atoms with Gasteiger partial charge in [-0.25, -0.2) is 0 Å². The van der Waals surface area contributed by atoms with Gasteiger partial charge in [0.05, 0.1) is 5.69 Å². The Kier molecular flexibility index (Phi) is 4.10. The number of hydrogen-bond acceptors (Lipinski definition) is 2. The lowest BCUT2D eigenvalue weighted by Gasteiger charge is -2.37. The van der Waals surface area contributed by atoms with Crippen LogP contribution < -0.4 is 10.6 Å². The molecule has 0 aliphatic heterocycles. The van der Waals surface area contributed by atoms with Crippen LogP contribution in [0.25, 0.3) is 0 Å². The summed E-state index contributed by atoms with van der Waals surface area (Å²) in [6.45, 7) is 9.04. The molecular formula is C13H21IN2. The van der Waals surface area contributed by atoms with Crippen LogP contribution in [0.4, 0.5) is 11.4 Å². The number of nitrogen functional groups attached to an aromatic ring is 1. The van der Waals surface area contributed by atoms with Crippen molar-refractivity contribution in [3.05, 3.63) is 21.8 Å². The summed E-state index contributed by atoms with van der Waals surface area (Å²) in [5.41, 5.74) is 8.10. The number of halogens is 1. The van der Waals surface area contributed by atoms with Crippen molar-refractivity contribution in [2.45, 2.75) is 33.7 Å². The van der Waals surface area contributed by atoms with E-state index in [2.05, 4.69) is 68.3 Å². The normalized spacial score (nSPS) is 13.6. The van der Waals surface area contributed by atoms with Crippen LogP contribution in [0.2, 0.25) is 0 Å². The fourth-order valence-electron chi connectivity index (χ4n) is 1.60. The summed E-state index contributed by atoms with van der Waals surface area (Å²) in [4.78, 5) is 2.32. The quantitative estimate of drug-likeness (QED) is 0.660. The number of anilines is 2. The van der Waals surface area contributed by atoms with Crippen LogP contribution in [0, 0.1) is 8.99 Å². The number of nitrogens with two attached hydrogens (primary N) is 1. The Hall–Kier alpha value is -0.450. The highest BCUT2D eigenvalue weighted by molar-refractivity contribution is 14.1. The van der Waals surface area contributed by atoms with E-state index in [1.165, 1.54) is 9.26 Å². The summed E-state index contributed by atoms with van der Waals surface area (Å²) in [5, 5.41) is 0. The molecule has 3 heteroatoms. The van der Waals surface area contributed by atoms with E-state index in [0.29, 0.717) is 6.04 Å². The molecule has 1 unspecified atom stereocenters. The van der Waals surface area contributed by atoms with Crippen LogP contribution in [-0.4, -0.2) is 13.1 Å². The average molecular weight is 332 g/mol. The molecular weight excluding hydrogens is 311 g/mol. The van der Waals surface area contributed by atoms with Crippen LogP contribution in [0.1, 0.15) is 27.7 Å². The minimum absolute atomic E-state index is 0.263. The minimum atomic E-state index is 0.263. The minimum Gasteiger partial charge on any atom is -0.399 e. The molecule has 0 heterocycles. The van der Waals surface area contributed by atoms with Gasteiger partial charge in [0.25, 0.3) is 0 Å². The zero-order valence-corrected chi connectivity index (χ0v) is 12.9. The third-order valence-corrected chi connectivity index (χ3v) is 4.05. The Bertz CT molecular complexity index is 369. The molecule has 90 valence electrons. The number of hydrogen-bond donors (Lipinski definition) is 1. The van der Waals surface area contributed by atoms with Gasteiger partial charge in [-0.1, -0.05) is 20.8 Å². The van der Waals surface area contributed by atoms with Gasteiger partial charge in [-0.05, 0) is 53.1 Å². The standard InChI is InChI=1S/C13H21IN2/c1-9(13(2,3)4)16(5)12-7-6-10(15)8-11(12)14/h6-9H,15H2,1-5H3. The summed E-state index contributed by atoms with van der Waals surface area (Å²) < 4.78 is 1.20. The maximum absolute atomic E-state index is 5.77. The Balaban J connectivity index is 3.01. The van der Waals surface area contributed by atoms with Crippen molar-refractivity contribution in [1.82, 2.24) is 0 Å². The summed E-state index contributed by atoms with van der Waals surface area (Å²) in [6.07, 6.45) is 0. The molecule has 1 rings (SSSR count). The molecule has 0 aliphatic rings. The lowest BCUT2D eigenvalue weighted by atomic mass is 9.87. The van der Waals surface area contributed by atoms with E-state index in [4.69, 9.17) is 5.73 Å². The molecule has 0 aliphatic carbocycles. The number of benzene rings is 1. The smallest absolute Gasteiger partial charge is 0.0503 e. The molecule has 0 radical (unpaired) electrons. The molecule has 0 aromatic heterocycles. The molecule has 0 saturated heterocycles. The molecule has 0 saturated carbocycles. The molecule has 2 N–H and O–H groups in total. The first-order valence-corrected chi connectivity index (χ1v) is 6.59. The Morgan fingerprint density at radius 3 is 2.31 bits per heavy atom. The van der Waals surface area contributed by atoms with Gasteiger partial charge in [0.2, 0.25) is 0 Å². The summed E-state index contributed by atoms with van der Waals surface area (Å²) in [5.74, 6) is 0. The second-order valence-electron chi connectivity index (χ2n) is 5.36. The third kappa shape index (κ3) is 3.03. The van der Waals surface area contributed by atoms with Crippen LogP contribution >= 0.6 is 22.6 Å². The monoisotopic (exact) mass is 332 g/mol. The predicted molar refractivity (Wildman–Crippen MR) is 80.9 cm³/mol. The van der Waals surface area contributed by atoms with Crippen molar-refractivity contribution < 1.29 is 0 Å². The van der Waals surface area contributed by atoms with Crippen molar-refractivity contribution in [3.63, 3.8) is 0 Å². The van der Waals surface area contributed by atoms with Crippen molar-refractivity contribution in [2.24, 2.45) is 5.41 Å². The topological polar surface area (TPSA) is 29.3 Å². The van der Waals surface area contributed by atoms with E-state index in [9.17, 15) is 0 Å². The summed E-state index contributed by atoms with van der Waals surface area (Å²) >= 11 is 2.34. The Morgan fingerprint density at radius 1 is 1.31 bits per heavy atom. The molecule has 2 nitrogen and oxygen atoms in total. The molecule has 16 heavy (non-hydrogen) atoms.